The first kappa shape index (κ1) is 14.8. The van der Waals surface area contributed by atoms with Gasteiger partial charge in [-0.2, -0.15) is 0 Å². The van der Waals surface area contributed by atoms with Gasteiger partial charge in [0.25, 0.3) is 10.0 Å². The number of rotatable bonds is 4. The van der Waals surface area contributed by atoms with Gasteiger partial charge >= 0.3 is 0 Å². The van der Waals surface area contributed by atoms with E-state index in [1.54, 1.807) is 6.07 Å². The Balaban J connectivity index is 2.32. The summed E-state index contributed by atoms with van der Waals surface area (Å²) in [4.78, 5) is 7.31. The molecule has 0 aliphatic heterocycles. The molecule has 10 heteroatoms. The lowest BCUT2D eigenvalue weighted by Crippen LogP contribution is -2.15. The average Bonchev–Trinajstić information content (AvgIpc) is 2.43. The van der Waals surface area contributed by atoms with Crippen LogP contribution in [0.1, 0.15) is 0 Å². The molecule has 0 saturated carbocycles. The third-order valence-electron chi connectivity index (χ3n) is 2.24. The Morgan fingerprint density at radius 3 is 2.40 bits per heavy atom. The molecule has 20 heavy (non-hydrogen) atoms. The van der Waals surface area contributed by atoms with Crippen molar-refractivity contribution in [3.05, 3.63) is 40.6 Å². The summed E-state index contributed by atoms with van der Waals surface area (Å²) >= 11 is 11.7. The molecule has 0 radical (unpaired) electrons. The quantitative estimate of drug-likeness (QED) is 0.582. The molecule has 4 N–H and O–H groups in total. The monoisotopic (exact) mass is 333 g/mol. The van der Waals surface area contributed by atoms with Crippen LogP contribution >= 0.6 is 23.2 Å². The lowest BCUT2D eigenvalue weighted by Gasteiger charge is -2.09. The van der Waals surface area contributed by atoms with Crippen molar-refractivity contribution in [1.29, 1.82) is 0 Å². The topological polar surface area (TPSA) is 110 Å². The van der Waals surface area contributed by atoms with Gasteiger partial charge in [-0.25, -0.2) is 24.2 Å². The summed E-state index contributed by atoms with van der Waals surface area (Å²) in [5.74, 6) is 5.20. The van der Waals surface area contributed by atoms with Gasteiger partial charge in [-0.05, 0) is 18.2 Å². The summed E-state index contributed by atoms with van der Waals surface area (Å²) in [5.41, 5.74) is 2.36. The minimum atomic E-state index is -3.86. The van der Waals surface area contributed by atoms with E-state index in [0.717, 1.165) is 12.4 Å². The van der Waals surface area contributed by atoms with Gasteiger partial charge < -0.3 is 0 Å². The summed E-state index contributed by atoms with van der Waals surface area (Å²) in [6.07, 6.45) is 2.23. The summed E-state index contributed by atoms with van der Waals surface area (Å²) in [6, 6.07) is 4.43. The molecule has 7 nitrogen and oxygen atoms in total. The molecule has 0 aliphatic rings. The molecule has 1 aromatic heterocycles. The molecular formula is C10H9Cl2N5O2S. The molecule has 0 amide bonds. The number of sulfonamides is 1. The van der Waals surface area contributed by atoms with Gasteiger partial charge in [-0.15, -0.1) is 0 Å². The number of halogens is 2. The van der Waals surface area contributed by atoms with Crippen LogP contribution in [-0.4, -0.2) is 18.4 Å². The number of nitrogens with zero attached hydrogens (tertiary/aromatic N) is 2. The Labute approximate surface area is 125 Å². The molecule has 0 fully saturated rings. The predicted octanol–water partition coefficient (Wildman–Crippen LogP) is 1.87. The van der Waals surface area contributed by atoms with Crippen LogP contribution in [-0.2, 0) is 10.0 Å². The molecule has 0 atom stereocenters. The fraction of sp³-hybridized carbons (Fsp3) is 0. The SMILES string of the molecule is NNc1ncc(S(=O)(=O)Nc2cc(Cl)ccc2Cl)cn1. The highest BCUT2D eigenvalue weighted by Gasteiger charge is 2.17. The second-order valence-corrected chi connectivity index (χ2v) is 6.14. The maximum absolute atomic E-state index is 12.1. The minimum absolute atomic E-state index is 0.102. The Bertz CT molecular complexity index is 721. The summed E-state index contributed by atoms with van der Waals surface area (Å²) in [7, 11) is -3.86. The van der Waals surface area contributed by atoms with Crippen LogP contribution < -0.4 is 16.0 Å². The van der Waals surface area contributed by atoms with Crippen LogP contribution in [0.25, 0.3) is 0 Å². The van der Waals surface area contributed by atoms with E-state index in [9.17, 15) is 8.42 Å². The number of hydrogen-bond donors (Lipinski definition) is 3. The Morgan fingerprint density at radius 1 is 1.15 bits per heavy atom. The van der Waals surface area contributed by atoms with E-state index in [0.29, 0.717) is 5.02 Å². The fourth-order valence-corrected chi connectivity index (χ4v) is 2.66. The van der Waals surface area contributed by atoms with E-state index in [2.05, 4.69) is 20.1 Å². The van der Waals surface area contributed by atoms with Gasteiger partial charge in [-0.3, -0.25) is 10.1 Å². The van der Waals surface area contributed by atoms with Crippen molar-refractivity contribution in [1.82, 2.24) is 9.97 Å². The van der Waals surface area contributed by atoms with Gasteiger partial charge in [0.05, 0.1) is 23.1 Å². The van der Waals surface area contributed by atoms with Crippen molar-refractivity contribution in [3.8, 4) is 0 Å². The van der Waals surface area contributed by atoms with Crippen molar-refractivity contribution >= 4 is 44.9 Å². The molecular weight excluding hydrogens is 325 g/mol. The number of benzene rings is 1. The molecule has 0 aliphatic carbocycles. The zero-order valence-electron chi connectivity index (χ0n) is 9.84. The zero-order valence-corrected chi connectivity index (χ0v) is 12.2. The molecule has 0 unspecified atom stereocenters. The fourth-order valence-electron chi connectivity index (χ4n) is 1.31. The lowest BCUT2D eigenvalue weighted by molar-refractivity contribution is 0.600. The van der Waals surface area contributed by atoms with E-state index >= 15 is 0 Å². The van der Waals surface area contributed by atoms with Crippen molar-refractivity contribution in [3.63, 3.8) is 0 Å². The van der Waals surface area contributed by atoms with Crippen LogP contribution in [0.3, 0.4) is 0 Å². The molecule has 0 saturated heterocycles. The van der Waals surface area contributed by atoms with Crippen LogP contribution in [0, 0.1) is 0 Å². The first-order valence-electron chi connectivity index (χ1n) is 5.19. The van der Waals surface area contributed by atoms with Gasteiger partial charge in [0.1, 0.15) is 4.90 Å². The van der Waals surface area contributed by atoms with E-state index < -0.39 is 10.0 Å². The van der Waals surface area contributed by atoms with E-state index in [1.165, 1.54) is 12.1 Å². The van der Waals surface area contributed by atoms with Gasteiger partial charge in [0.15, 0.2) is 0 Å². The third kappa shape index (κ3) is 3.28. The number of nitrogens with one attached hydrogen (secondary N) is 2. The summed E-state index contributed by atoms with van der Waals surface area (Å²) in [5, 5.41) is 0.574. The molecule has 106 valence electrons. The molecule has 0 bridgehead atoms. The van der Waals surface area contributed by atoms with Crippen molar-refractivity contribution < 1.29 is 8.42 Å². The van der Waals surface area contributed by atoms with E-state index in [1.807, 2.05) is 0 Å². The first-order chi connectivity index (χ1) is 9.42. The molecule has 2 aromatic rings. The van der Waals surface area contributed by atoms with Gasteiger partial charge in [-0.1, -0.05) is 23.2 Å². The summed E-state index contributed by atoms with van der Waals surface area (Å²) < 4.78 is 26.5. The minimum Gasteiger partial charge on any atom is -0.292 e. The van der Waals surface area contributed by atoms with Crippen molar-refractivity contribution in [2.24, 2.45) is 5.84 Å². The molecule has 0 spiro atoms. The van der Waals surface area contributed by atoms with Crippen LogP contribution in [0.2, 0.25) is 10.0 Å². The summed E-state index contributed by atoms with van der Waals surface area (Å²) in [6.45, 7) is 0. The molecule has 2 rings (SSSR count). The molecule has 1 aromatic carbocycles. The highest BCUT2D eigenvalue weighted by molar-refractivity contribution is 7.92. The number of hydrogen-bond acceptors (Lipinski definition) is 6. The highest BCUT2D eigenvalue weighted by Crippen LogP contribution is 2.27. The standard InChI is InChI=1S/C10H9Cl2N5O2S/c11-6-1-2-8(12)9(3-6)17-20(18,19)7-4-14-10(16-13)15-5-7/h1-5,17H,13H2,(H,14,15,16). The predicted molar refractivity (Wildman–Crippen MR) is 77.1 cm³/mol. The second kappa shape index (κ2) is 5.80. The second-order valence-electron chi connectivity index (χ2n) is 3.62. The Morgan fingerprint density at radius 2 is 1.80 bits per heavy atom. The Hall–Kier alpha value is -1.61. The van der Waals surface area contributed by atoms with Gasteiger partial charge in [0, 0.05) is 5.02 Å². The van der Waals surface area contributed by atoms with Crippen molar-refractivity contribution in [2.75, 3.05) is 10.1 Å². The zero-order chi connectivity index (χ0) is 14.8. The number of nitrogen functional groups attached to an aromatic ring is 1. The highest BCUT2D eigenvalue weighted by atomic mass is 35.5. The largest absolute Gasteiger partial charge is 0.292 e. The maximum Gasteiger partial charge on any atom is 0.265 e. The van der Waals surface area contributed by atoms with E-state index in [-0.39, 0.29) is 21.6 Å². The van der Waals surface area contributed by atoms with Gasteiger partial charge in [0.2, 0.25) is 5.95 Å². The van der Waals surface area contributed by atoms with Crippen LogP contribution in [0.5, 0.6) is 0 Å². The maximum atomic E-state index is 12.1. The number of hydrazine groups is 1. The average molecular weight is 334 g/mol. The first-order valence-corrected chi connectivity index (χ1v) is 7.43. The van der Waals surface area contributed by atoms with E-state index in [4.69, 9.17) is 29.0 Å². The van der Waals surface area contributed by atoms with Crippen LogP contribution in [0.4, 0.5) is 11.6 Å². The van der Waals surface area contributed by atoms with Crippen LogP contribution in [0.15, 0.2) is 35.5 Å². The number of anilines is 2. The number of nitrogens with two attached hydrogens (primary N) is 1. The lowest BCUT2D eigenvalue weighted by atomic mass is 10.3. The van der Waals surface area contributed by atoms with Crippen molar-refractivity contribution in [2.45, 2.75) is 4.90 Å². The Kier molecular flexibility index (Phi) is 4.29. The third-order valence-corrected chi connectivity index (χ3v) is 4.13. The smallest absolute Gasteiger partial charge is 0.265 e. The molecule has 1 heterocycles. The number of aromatic nitrogens is 2. The normalized spacial score (nSPS) is 11.2.